The minimum absolute atomic E-state index is 0.337. The van der Waals surface area contributed by atoms with Gasteiger partial charge in [0.2, 0.25) is 0 Å². The third kappa shape index (κ3) is 7.68. The number of fused-ring (bicyclic) bond motifs is 3. The van der Waals surface area contributed by atoms with Gasteiger partial charge in [-0.15, -0.1) is 0 Å². The van der Waals surface area contributed by atoms with Gasteiger partial charge in [-0.1, -0.05) is 156 Å². The highest BCUT2D eigenvalue weighted by Crippen LogP contribution is 2.42. The lowest BCUT2D eigenvalue weighted by atomic mass is 9.94. The maximum Gasteiger partial charge on any atom is 0.127 e. The van der Waals surface area contributed by atoms with Gasteiger partial charge in [-0.25, -0.2) is 0 Å². The summed E-state index contributed by atoms with van der Waals surface area (Å²) in [6, 6.07) is 32.4. The van der Waals surface area contributed by atoms with Crippen LogP contribution in [0.3, 0.4) is 0 Å². The van der Waals surface area contributed by atoms with Crippen LogP contribution < -0.4 is 4.74 Å². The molecule has 0 saturated heterocycles. The summed E-state index contributed by atoms with van der Waals surface area (Å²) in [5.74, 6) is 0.832. The summed E-state index contributed by atoms with van der Waals surface area (Å²) in [7, 11) is 0. The fourth-order valence-electron chi connectivity index (χ4n) is 6.22. The van der Waals surface area contributed by atoms with Gasteiger partial charge in [-0.3, -0.25) is 0 Å². The fraction of sp³-hybridized carbons (Fsp3) is 0.385. The summed E-state index contributed by atoms with van der Waals surface area (Å²) in [5, 5.41) is 10.6. The van der Waals surface area contributed by atoms with E-state index in [0.717, 1.165) is 36.1 Å². The molecule has 41 heavy (non-hydrogen) atoms. The maximum absolute atomic E-state index is 10.6. The van der Waals surface area contributed by atoms with Crippen molar-refractivity contribution in [3.8, 4) is 39.1 Å². The Balaban J connectivity index is 1.13. The molecule has 1 N–H and O–H groups in total. The highest BCUT2D eigenvalue weighted by Gasteiger charge is 2.21. The largest absolute Gasteiger partial charge is 0.490 e. The SMILES string of the molecule is CCCCCCCCCCCCC(O)COc1ccccc1-c1ccc(-c2cccc3c2Cc2ccccc2-3)cc1. The molecule has 0 spiro atoms. The van der Waals surface area contributed by atoms with Crippen molar-refractivity contribution in [3.63, 3.8) is 0 Å². The lowest BCUT2D eigenvalue weighted by Gasteiger charge is -2.16. The molecule has 1 aliphatic carbocycles. The Kier molecular flexibility index (Phi) is 10.7. The third-order valence-corrected chi connectivity index (χ3v) is 8.57. The van der Waals surface area contributed by atoms with Crippen molar-refractivity contribution in [2.45, 2.75) is 90.1 Å². The summed E-state index contributed by atoms with van der Waals surface area (Å²) in [5.41, 5.74) is 10.3. The second kappa shape index (κ2) is 15.0. The highest BCUT2D eigenvalue weighted by molar-refractivity contribution is 5.85. The van der Waals surface area contributed by atoms with Crippen LogP contribution in [-0.2, 0) is 6.42 Å². The second-order valence-corrected chi connectivity index (χ2v) is 11.7. The molecule has 2 nitrogen and oxygen atoms in total. The van der Waals surface area contributed by atoms with Gasteiger partial charge >= 0.3 is 0 Å². The molecule has 214 valence electrons. The molecule has 0 bridgehead atoms. The van der Waals surface area contributed by atoms with Crippen LogP contribution in [0.4, 0.5) is 0 Å². The van der Waals surface area contributed by atoms with Gasteiger partial charge in [0.15, 0.2) is 0 Å². The molecule has 0 saturated carbocycles. The van der Waals surface area contributed by atoms with E-state index in [2.05, 4.69) is 85.8 Å². The van der Waals surface area contributed by atoms with E-state index in [0.29, 0.717) is 6.61 Å². The van der Waals surface area contributed by atoms with Gasteiger partial charge in [0, 0.05) is 5.56 Å². The van der Waals surface area contributed by atoms with Crippen LogP contribution in [0.2, 0.25) is 0 Å². The third-order valence-electron chi connectivity index (χ3n) is 8.57. The predicted octanol–water partition coefficient (Wildman–Crippen LogP) is 10.6. The lowest BCUT2D eigenvalue weighted by molar-refractivity contribution is 0.0977. The van der Waals surface area contributed by atoms with E-state index in [9.17, 15) is 5.11 Å². The average Bonchev–Trinajstić information content (AvgIpc) is 3.40. The molecule has 0 aliphatic heterocycles. The zero-order valence-corrected chi connectivity index (χ0v) is 24.8. The van der Waals surface area contributed by atoms with Crippen molar-refractivity contribution in [2.75, 3.05) is 6.61 Å². The Bertz CT molecular complexity index is 1370. The van der Waals surface area contributed by atoms with Crippen molar-refractivity contribution in [1.82, 2.24) is 0 Å². The van der Waals surface area contributed by atoms with Crippen molar-refractivity contribution < 1.29 is 9.84 Å². The molecular formula is C39H46O2. The Labute approximate surface area is 247 Å². The molecule has 0 fully saturated rings. The molecule has 0 heterocycles. The quantitative estimate of drug-likeness (QED) is 0.125. The Hall–Kier alpha value is -3.36. The van der Waals surface area contributed by atoms with Crippen LogP contribution >= 0.6 is 0 Å². The Morgan fingerprint density at radius 1 is 0.585 bits per heavy atom. The summed E-state index contributed by atoms with van der Waals surface area (Å²) in [6.07, 6.45) is 14.4. The topological polar surface area (TPSA) is 29.5 Å². The molecular weight excluding hydrogens is 500 g/mol. The Morgan fingerprint density at radius 2 is 1.15 bits per heavy atom. The Morgan fingerprint density at radius 3 is 1.88 bits per heavy atom. The zero-order chi connectivity index (χ0) is 28.3. The number of aliphatic hydroxyl groups is 1. The van der Waals surface area contributed by atoms with E-state index in [1.54, 1.807) is 0 Å². The van der Waals surface area contributed by atoms with E-state index in [-0.39, 0.29) is 0 Å². The number of aliphatic hydroxyl groups excluding tert-OH is 1. The van der Waals surface area contributed by atoms with Crippen LogP contribution in [0.25, 0.3) is 33.4 Å². The summed E-state index contributed by atoms with van der Waals surface area (Å²) in [6.45, 7) is 2.61. The van der Waals surface area contributed by atoms with Crippen molar-refractivity contribution in [3.05, 3.63) is 102 Å². The number of ether oxygens (including phenoxy) is 1. The van der Waals surface area contributed by atoms with Gasteiger partial charge in [0.25, 0.3) is 0 Å². The molecule has 1 atom stereocenters. The lowest BCUT2D eigenvalue weighted by Crippen LogP contribution is -2.17. The van der Waals surface area contributed by atoms with Gasteiger partial charge in [-0.05, 0) is 57.9 Å². The van der Waals surface area contributed by atoms with Crippen LogP contribution in [-0.4, -0.2) is 17.8 Å². The minimum Gasteiger partial charge on any atom is -0.490 e. The van der Waals surface area contributed by atoms with E-state index >= 15 is 0 Å². The number of unbranched alkanes of at least 4 members (excludes halogenated alkanes) is 9. The van der Waals surface area contributed by atoms with E-state index in [1.807, 2.05) is 12.1 Å². The summed E-state index contributed by atoms with van der Waals surface area (Å²) < 4.78 is 6.16. The first kappa shape index (κ1) is 29.1. The van der Waals surface area contributed by atoms with Crippen molar-refractivity contribution >= 4 is 0 Å². The second-order valence-electron chi connectivity index (χ2n) is 11.7. The zero-order valence-electron chi connectivity index (χ0n) is 24.8. The first-order valence-electron chi connectivity index (χ1n) is 16.0. The van der Waals surface area contributed by atoms with Crippen LogP contribution in [0.5, 0.6) is 5.75 Å². The minimum atomic E-state index is -0.427. The van der Waals surface area contributed by atoms with E-state index < -0.39 is 6.10 Å². The molecule has 1 unspecified atom stereocenters. The van der Waals surface area contributed by atoms with Crippen LogP contribution in [0, 0.1) is 0 Å². The van der Waals surface area contributed by atoms with Crippen LogP contribution in [0.15, 0.2) is 91.0 Å². The molecule has 0 radical (unpaired) electrons. The molecule has 0 amide bonds. The van der Waals surface area contributed by atoms with E-state index in [4.69, 9.17) is 4.74 Å². The summed E-state index contributed by atoms with van der Waals surface area (Å²) in [4.78, 5) is 0. The monoisotopic (exact) mass is 546 g/mol. The first-order chi connectivity index (χ1) is 20.2. The highest BCUT2D eigenvalue weighted by atomic mass is 16.5. The van der Waals surface area contributed by atoms with Gasteiger partial charge in [0.1, 0.15) is 12.4 Å². The normalized spacial score (nSPS) is 12.6. The fourth-order valence-corrected chi connectivity index (χ4v) is 6.22. The molecule has 2 heteroatoms. The standard InChI is InChI=1S/C39H46O2/c1-2-3-4-5-6-7-8-9-10-11-18-33(40)29-41-39-23-15-14-20-36(39)31-26-24-30(25-27-31)34-21-16-22-37-35-19-13-12-17-32(35)28-38(34)37/h12-17,19-27,33,40H,2-11,18,28-29H2,1H3. The van der Waals surface area contributed by atoms with Crippen LogP contribution in [0.1, 0.15) is 88.7 Å². The number of rotatable bonds is 16. The molecule has 5 rings (SSSR count). The smallest absolute Gasteiger partial charge is 0.127 e. The molecule has 4 aromatic carbocycles. The molecule has 1 aliphatic rings. The van der Waals surface area contributed by atoms with Crippen molar-refractivity contribution in [1.29, 1.82) is 0 Å². The average molecular weight is 547 g/mol. The maximum atomic E-state index is 10.6. The number of hydrogen-bond acceptors (Lipinski definition) is 2. The number of benzene rings is 4. The molecule has 0 aromatic heterocycles. The van der Waals surface area contributed by atoms with Gasteiger partial charge < -0.3 is 9.84 Å². The molecule has 4 aromatic rings. The number of hydrogen-bond donors (Lipinski definition) is 1. The van der Waals surface area contributed by atoms with E-state index in [1.165, 1.54) is 91.2 Å². The van der Waals surface area contributed by atoms with Crippen molar-refractivity contribution in [2.24, 2.45) is 0 Å². The van der Waals surface area contributed by atoms with Gasteiger partial charge in [0.05, 0.1) is 6.10 Å². The summed E-state index contributed by atoms with van der Waals surface area (Å²) >= 11 is 0. The number of para-hydroxylation sites is 1. The van der Waals surface area contributed by atoms with Gasteiger partial charge in [-0.2, -0.15) is 0 Å². The predicted molar refractivity (Wildman–Crippen MR) is 174 cm³/mol. The first-order valence-corrected chi connectivity index (χ1v) is 16.0.